The van der Waals surface area contributed by atoms with Gasteiger partial charge in [-0.25, -0.2) is 0 Å². The highest BCUT2D eigenvalue weighted by Gasteiger charge is 2.25. The van der Waals surface area contributed by atoms with E-state index >= 15 is 0 Å². The van der Waals surface area contributed by atoms with Gasteiger partial charge in [-0.15, -0.1) is 0 Å². The van der Waals surface area contributed by atoms with Crippen LogP contribution >= 0.6 is 0 Å². The van der Waals surface area contributed by atoms with Gasteiger partial charge in [0.15, 0.2) is 0 Å². The summed E-state index contributed by atoms with van der Waals surface area (Å²) in [5.41, 5.74) is 1.30. The van der Waals surface area contributed by atoms with Gasteiger partial charge in [0.2, 0.25) is 0 Å². The van der Waals surface area contributed by atoms with Gasteiger partial charge in [-0.2, -0.15) is 0 Å². The number of hydrogen-bond donors (Lipinski definition) is 1. The van der Waals surface area contributed by atoms with Crippen LogP contribution in [0.15, 0.2) is 10.5 Å². The highest BCUT2D eigenvalue weighted by atomic mass is 16.3. The molecule has 1 aliphatic heterocycles. The van der Waals surface area contributed by atoms with Gasteiger partial charge in [-0.1, -0.05) is 20.8 Å². The number of nitrogens with zero attached hydrogens (tertiary/aromatic N) is 1. The highest BCUT2D eigenvalue weighted by Crippen LogP contribution is 2.25. The van der Waals surface area contributed by atoms with E-state index in [-0.39, 0.29) is 0 Å². The zero-order valence-electron chi connectivity index (χ0n) is 13.7. The zero-order chi connectivity index (χ0) is 14.7. The van der Waals surface area contributed by atoms with Crippen molar-refractivity contribution in [3.8, 4) is 0 Å². The summed E-state index contributed by atoms with van der Waals surface area (Å²) in [6.45, 7) is 14.2. The van der Waals surface area contributed by atoms with Crippen molar-refractivity contribution in [2.45, 2.75) is 72.6 Å². The second-order valence-electron chi connectivity index (χ2n) is 6.66. The molecule has 114 valence electrons. The summed E-state index contributed by atoms with van der Waals surface area (Å²) in [6.07, 6.45) is 2.67. The Morgan fingerprint density at radius 2 is 2.15 bits per heavy atom. The minimum Gasteiger partial charge on any atom is -0.465 e. The molecule has 1 aromatic rings. The first-order valence-corrected chi connectivity index (χ1v) is 8.03. The maximum Gasteiger partial charge on any atom is 0.118 e. The lowest BCUT2D eigenvalue weighted by atomic mass is 9.92. The van der Waals surface area contributed by atoms with E-state index in [1.165, 1.54) is 24.9 Å². The maximum atomic E-state index is 5.95. The molecule has 2 atom stereocenters. The predicted octanol–water partition coefficient (Wildman–Crippen LogP) is 3.71. The molecule has 3 nitrogen and oxygen atoms in total. The van der Waals surface area contributed by atoms with Crippen molar-refractivity contribution in [1.82, 2.24) is 10.2 Å². The Morgan fingerprint density at radius 1 is 1.40 bits per heavy atom. The third-order valence-electron chi connectivity index (χ3n) is 4.64. The summed E-state index contributed by atoms with van der Waals surface area (Å²) >= 11 is 0. The van der Waals surface area contributed by atoms with E-state index in [4.69, 9.17) is 4.42 Å². The smallest absolute Gasteiger partial charge is 0.118 e. The number of likely N-dealkylation sites (tertiary alicyclic amines) is 1. The lowest BCUT2D eigenvalue weighted by molar-refractivity contribution is 0.0983. The number of aryl methyl sites for hydroxylation is 1. The summed E-state index contributed by atoms with van der Waals surface area (Å²) in [4.78, 5) is 2.56. The molecular weight excluding hydrogens is 248 g/mol. The van der Waals surface area contributed by atoms with Crippen LogP contribution < -0.4 is 5.32 Å². The Bertz CT molecular complexity index is 425. The molecule has 0 spiro atoms. The van der Waals surface area contributed by atoms with E-state index in [9.17, 15) is 0 Å². The van der Waals surface area contributed by atoms with Crippen molar-refractivity contribution in [3.63, 3.8) is 0 Å². The summed E-state index contributed by atoms with van der Waals surface area (Å²) in [6, 6.07) is 3.40. The lowest BCUT2D eigenvalue weighted by Crippen LogP contribution is -2.41. The summed E-state index contributed by atoms with van der Waals surface area (Å²) in [5.74, 6) is 2.97. The zero-order valence-corrected chi connectivity index (χ0v) is 13.7. The molecule has 2 heterocycles. The summed E-state index contributed by atoms with van der Waals surface area (Å²) in [5, 5.41) is 3.46. The van der Waals surface area contributed by atoms with Gasteiger partial charge in [-0.05, 0) is 45.2 Å². The van der Waals surface area contributed by atoms with Gasteiger partial charge < -0.3 is 9.73 Å². The van der Waals surface area contributed by atoms with Crippen LogP contribution in [-0.2, 0) is 13.1 Å². The van der Waals surface area contributed by atoms with Gasteiger partial charge in [0, 0.05) is 24.2 Å². The summed E-state index contributed by atoms with van der Waals surface area (Å²) < 4.78 is 5.95. The fourth-order valence-corrected chi connectivity index (χ4v) is 3.00. The first-order valence-electron chi connectivity index (χ1n) is 8.03. The average molecular weight is 278 g/mol. The molecule has 1 fully saturated rings. The molecule has 0 bridgehead atoms. The molecular formula is C17H30N2O. The third-order valence-corrected chi connectivity index (χ3v) is 4.64. The van der Waals surface area contributed by atoms with Crippen LogP contribution in [-0.4, -0.2) is 23.5 Å². The van der Waals surface area contributed by atoms with Crippen molar-refractivity contribution in [1.29, 1.82) is 0 Å². The largest absolute Gasteiger partial charge is 0.465 e. The Balaban J connectivity index is 1.97. The van der Waals surface area contributed by atoms with Gasteiger partial charge in [-0.3, -0.25) is 4.90 Å². The van der Waals surface area contributed by atoms with Crippen molar-refractivity contribution >= 4 is 0 Å². The Labute approximate surface area is 123 Å². The molecule has 0 amide bonds. The number of rotatable bonds is 5. The van der Waals surface area contributed by atoms with Gasteiger partial charge >= 0.3 is 0 Å². The first kappa shape index (κ1) is 15.6. The van der Waals surface area contributed by atoms with Gasteiger partial charge in [0.05, 0.1) is 6.54 Å². The molecule has 2 rings (SSSR count). The second-order valence-corrected chi connectivity index (χ2v) is 6.66. The van der Waals surface area contributed by atoms with Crippen LogP contribution in [0.2, 0.25) is 0 Å². The van der Waals surface area contributed by atoms with E-state index < -0.39 is 0 Å². The van der Waals surface area contributed by atoms with E-state index in [1.807, 2.05) is 0 Å². The lowest BCUT2D eigenvalue weighted by Gasteiger charge is -2.37. The van der Waals surface area contributed by atoms with E-state index in [1.54, 1.807) is 0 Å². The fourth-order valence-electron chi connectivity index (χ4n) is 3.00. The molecule has 2 unspecified atom stereocenters. The van der Waals surface area contributed by atoms with E-state index in [0.717, 1.165) is 30.5 Å². The standard InChI is InChI=1S/C17H30N2O/c1-12(2)18-10-16-9-17(20-15(16)5)11-19-8-6-7-13(3)14(19)4/h9,12-14,18H,6-8,10-11H2,1-5H3. The Kier molecular flexibility index (Phi) is 5.28. The number of piperidine rings is 1. The Hall–Kier alpha value is -0.800. The van der Waals surface area contributed by atoms with Crippen LogP contribution in [0.1, 0.15) is 57.6 Å². The van der Waals surface area contributed by atoms with Crippen LogP contribution in [0.25, 0.3) is 0 Å². The van der Waals surface area contributed by atoms with Gasteiger partial charge in [0.25, 0.3) is 0 Å². The topological polar surface area (TPSA) is 28.4 Å². The molecule has 0 saturated carbocycles. The molecule has 1 saturated heterocycles. The van der Waals surface area contributed by atoms with Crippen molar-refractivity contribution < 1.29 is 4.42 Å². The molecule has 1 aliphatic rings. The maximum absolute atomic E-state index is 5.95. The van der Waals surface area contributed by atoms with Gasteiger partial charge in [0.1, 0.15) is 11.5 Å². The Morgan fingerprint density at radius 3 is 2.85 bits per heavy atom. The van der Waals surface area contributed by atoms with Crippen molar-refractivity contribution in [3.05, 3.63) is 23.2 Å². The predicted molar refractivity (Wildman–Crippen MR) is 83.7 cm³/mol. The number of hydrogen-bond acceptors (Lipinski definition) is 3. The van der Waals surface area contributed by atoms with Crippen LogP contribution in [0.3, 0.4) is 0 Å². The van der Waals surface area contributed by atoms with Crippen LogP contribution in [0.4, 0.5) is 0 Å². The SMILES string of the molecule is Cc1oc(CN2CCCC(C)C2C)cc1CNC(C)C. The summed E-state index contributed by atoms with van der Waals surface area (Å²) in [7, 11) is 0. The molecule has 0 radical (unpaired) electrons. The first-order chi connectivity index (χ1) is 9.47. The van der Waals surface area contributed by atoms with Crippen molar-refractivity contribution in [2.24, 2.45) is 5.92 Å². The molecule has 1 N–H and O–H groups in total. The molecule has 0 aliphatic carbocycles. The average Bonchev–Trinajstić information content (AvgIpc) is 2.73. The normalized spacial score (nSPS) is 24.5. The second kappa shape index (κ2) is 6.77. The van der Waals surface area contributed by atoms with Crippen LogP contribution in [0.5, 0.6) is 0 Å². The minimum absolute atomic E-state index is 0.510. The molecule has 1 aromatic heterocycles. The van der Waals surface area contributed by atoms with Crippen LogP contribution in [0, 0.1) is 12.8 Å². The number of furan rings is 1. The van der Waals surface area contributed by atoms with E-state index in [0.29, 0.717) is 12.1 Å². The number of nitrogens with one attached hydrogen (secondary N) is 1. The minimum atomic E-state index is 0.510. The molecule has 0 aromatic carbocycles. The molecule has 3 heteroatoms. The van der Waals surface area contributed by atoms with E-state index in [2.05, 4.69) is 50.9 Å². The fraction of sp³-hybridized carbons (Fsp3) is 0.765. The highest BCUT2D eigenvalue weighted by molar-refractivity contribution is 5.20. The monoisotopic (exact) mass is 278 g/mol. The third kappa shape index (κ3) is 3.86. The molecule has 20 heavy (non-hydrogen) atoms. The quantitative estimate of drug-likeness (QED) is 0.890. The van der Waals surface area contributed by atoms with Crippen molar-refractivity contribution in [2.75, 3.05) is 6.54 Å².